The van der Waals surface area contributed by atoms with E-state index in [0.717, 1.165) is 4.57 Å². The molecule has 1 aromatic heterocycles. The maximum atomic E-state index is 11.2. The molecule has 0 saturated heterocycles. The molecule has 1 N–H and O–H groups in total. The van der Waals surface area contributed by atoms with Crippen LogP contribution in [0.5, 0.6) is 0 Å². The summed E-state index contributed by atoms with van der Waals surface area (Å²) >= 11 is 0. The van der Waals surface area contributed by atoms with Crippen molar-refractivity contribution in [2.24, 2.45) is 7.05 Å². The molecule has 0 aliphatic carbocycles. The Hall–Kier alpha value is -1.58. The maximum Gasteiger partial charge on any atom is 0.352 e. The monoisotopic (exact) mass is 167 g/mol. The fourth-order valence-electron chi connectivity index (χ4n) is 0.976. The van der Waals surface area contributed by atoms with E-state index >= 15 is 0 Å². The van der Waals surface area contributed by atoms with Crippen LogP contribution in [0.2, 0.25) is 0 Å². The molecular weight excluding hydrogens is 158 g/mol. The zero-order valence-electron chi connectivity index (χ0n) is 6.87. The molecule has 0 aliphatic rings. The van der Waals surface area contributed by atoms with Crippen LogP contribution in [0.3, 0.4) is 0 Å². The quantitative estimate of drug-likeness (QED) is 0.658. The Bertz CT molecular complexity index is 378. The van der Waals surface area contributed by atoms with E-state index in [9.17, 15) is 9.59 Å². The number of hydrogen-bond donors (Lipinski definition) is 1. The second-order valence-corrected chi connectivity index (χ2v) is 2.57. The summed E-state index contributed by atoms with van der Waals surface area (Å²) in [6.07, 6.45) is 0. The number of carboxylic acid groups (broad SMARTS) is 1. The van der Waals surface area contributed by atoms with Gasteiger partial charge in [0.2, 0.25) is 0 Å². The summed E-state index contributed by atoms with van der Waals surface area (Å²) in [5.41, 5.74) is 0.281. The lowest BCUT2D eigenvalue weighted by atomic mass is 10.2. The Morgan fingerprint density at radius 1 is 1.50 bits per heavy atom. The minimum absolute atomic E-state index is 0.00519. The van der Waals surface area contributed by atoms with Gasteiger partial charge in [-0.1, -0.05) is 6.07 Å². The van der Waals surface area contributed by atoms with Gasteiger partial charge >= 0.3 is 5.97 Å². The van der Waals surface area contributed by atoms with Gasteiger partial charge < -0.3 is 9.67 Å². The first-order chi connectivity index (χ1) is 5.54. The van der Waals surface area contributed by atoms with Crippen LogP contribution in [0, 0.1) is 6.92 Å². The molecule has 1 aromatic rings. The largest absolute Gasteiger partial charge is 0.477 e. The Kier molecular flexibility index (Phi) is 1.99. The molecule has 0 radical (unpaired) electrons. The fourth-order valence-corrected chi connectivity index (χ4v) is 0.976. The third-order valence-corrected chi connectivity index (χ3v) is 1.71. The molecule has 0 bridgehead atoms. The summed E-state index contributed by atoms with van der Waals surface area (Å²) in [6.45, 7) is 1.65. The summed E-state index contributed by atoms with van der Waals surface area (Å²) in [5, 5.41) is 8.62. The van der Waals surface area contributed by atoms with Crippen LogP contribution in [0.4, 0.5) is 0 Å². The molecule has 0 aliphatic heterocycles. The molecule has 0 amide bonds. The Morgan fingerprint density at radius 3 is 2.58 bits per heavy atom. The second kappa shape index (κ2) is 2.81. The molecule has 0 saturated carbocycles. The molecule has 0 spiro atoms. The minimum atomic E-state index is -1.09. The topological polar surface area (TPSA) is 59.3 Å². The summed E-state index contributed by atoms with van der Waals surface area (Å²) < 4.78 is 1.12. The number of carbonyl (C=O) groups is 1. The summed E-state index contributed by atoms with van der Waals surface area (Å²) in [4.78, 5) is 21.7. The van der Waals surface area contributed by atoms with E-state index in [-0.39, 0.29) is 11.3 Å². The summed E-state index contributed by atoms with van der Waals surface area (Å²) in [6, 6.07) is 2.92. The number of rotatable bonds is 1. The molecule has 1 heterocycles. The van der Waals surface area contributed by atoms with E-state index in [1.54, 1.807) is 6.92 Å². The lowest BCUT2D eigenvalue weighted by Crippen LogP contribution is -2.24. The SMILES string of the molecule is Cc1ccc(C(=O)O)n(C)c1=O. The molecule has 0 unspecified atom stereocenters. The van der Waals surface area contributed by atoms with Gasteiger partial charge in [0.1, 0.15) is 5.69 Å². The Morgan fingerprint density at radius 2 is 2.08 bits per heavy atom. The van der Waals surface area contributed by atoms with Gasteiger partial charge in [-0.25, -0.2) is 4.79 Å². The van der Waals surface area contributed by atoms with Gasteiger partial charge in [-0.15, -0.1) is 0 Å². The Balaban J connectivity index is 3.47. The minimum Gasteiger partial charge on any atom is -0.477 e. The molecule has 4 heteroatoms. The van der Waals surface area contributed by atoms with Gasteiger partial charge in [0.25, 0.3) is 5.56 Å². The molecule has 0 fully saturated rings. The van der Waals surface area contributed by atoms with Crippen molar-refractivity contribution in [3.8, 4) is 0 Å². The highest BCUT2D eigenvalue weighted by atomic mass is 16.4. The van der Waals surface area contributed by atoms with Crippen LogP contribution in [0.1, 0.15) is 16.1 Å². The standard InChI is InChI=1S/C8H9NO3/c1-5-3-4-6(8(11)12)9(2)7(5)10/h3-4H,1-2H3,(H,11,12). The van der Waals surface area contributed by atoms with Crippen LogP contribution >= 0.6 is 0 Å². The lowest BCUT2D eigenvalue weighted by molar-refractivity contribution is 0.0685. The first-order valence-electron chi connectivity index (χ1n) is 3.44. The molecule has 0 aromatic carbocycles. The number of aromatic carboxylic acids is 1. The zero-order valence-corrected chi connectivity index (χ0v) is 6.87. The van der Waals surface area contributed by atoms with E-state index in [4.69, 9.17) is 5.11 Å². The van der Waals surface area contributed by atoms with Crippen LogP contribution in [-0.2, 0) is 7.05 Å². The number of nitrogens with zero attached hydrogens (tertiary/aromatic N) is 1. The fraction of sp³-hybridized carbons (Fsp3) is 0.250. The van der Waals surface area contributed by atoms with Crippen LogP contribution in [-0.4, -0.2) is 15.6 Å². The summed E-state index contributed by atoms with van der Waals surface area (Å²) in [7, 11) is 1.44. The average molecular weight is 167 g/mol. The molecule has 12 heavy (non-hydrogen) atoms. The number of pyridine rings is 1. The normalized spacial score (nSPS) is 9.83. The highest BCUT2D eigenvalue weighted by molar-refractivity contribution is 5.85. The van der Waals surface area contributed by atoms with Crippen molar-refractivity contribution in [1.29, 1.82) is 0 Å². The number of carboxylic acids is 1. The summed E-state index contributed by atoms with van der Waals surface area (Å²) in [5.74, 6) is -1.09. The van der Waals surface area contributed by atoms with E-state index in [0.29, 0.717) is 5.56 Å². The number of hydrogen-bond acceptors (Lipinski definition) is 2. The number of aryl methyl sites for hydroxylation is 1. The van der Waals surface area contributed by atoms with Crippen molar-refractivity contribution in [3.63, 3.8) is 0 Å². The van der Waals surface area contributed by atoms with Gasteiger partial charge in [0.15, 0.2) is 0 Å². The van der Waals surface area contributed by atoms with Gasteiger partial charge in [-0.05, 0) is 13.0 Å². The van der Waals surface area contributed by atoms with Crippen molar-refractivity contribution in [2.45, 2.75) is 6.92 Å². The van der Waals surface area contributed by atoms with Crippen LogP contribution in [0.15, 0.2) is 16.9 Å². The molecule has 64 valence electrons. The van der Waals surface area contributed by atoms with Crippen molar-refractivity contribution >= 4 is 5.97 Å². The average Bonchev–Trinajstić information content (AvgIpc) is 2.00. The van der Waals surface area contributed by atoms with E-state index in [1.165, 1.54) is 19.2 Å². The predicted octanol–water partition coefficient (Wildman–Crippen LogP) is 0.392. The molecule has 0 atom stereocenters. The molecule has 1 rings (SSSR count). The van der Waals surface area contributed by atoms with Crippen molar-refractivity contribution in [1.82, 2.24) is 4.57 Å². The van der Waals surface area contributed by atoms with Gasteiger partial charge in [-0.3, -0.25) is 4.79 Å². The molecular formula is C8H9NO3. The predicted molar refractivity (Wildman–Crippen MR) is 43.4 cm³/mol. The smallest absolute Gasteiger partial charge is 0.352 e. The van der Waals surface area contributed by atoms with E-state index in [2.05, 4.69) is 0 Å². The maximum absolute atomic E-state index is 11.2. The van der Waals surface area contributed by atoms with Crippen molar-refractivity contribution < 1.29 is 9.90 Å². The number of aromatic nitrogens is 1. The third-order valence-electron chi connectivity index (χ3n) is 1.71. The highest BCUT2D eigenvalue weighted by Crippen LogP contribution is 1.96. The van der Waals surface area contributed by atoms with Crippen LogP contribution < -0.4 is 5.56 Å². The first kappa shape index (κ1) is 8.52. The van der Waals surface area contributed by atoms with E-state index < -0.39 is 5.97 Å². The lowest BCUT2D eigenvalue weighted by Gasteiger charge is -2.03. The van der Waals surface area contributed by atoms with E-state index in [1.807, 2.05) is 0 Å². The van der Waals surface area contributed by atoms with Crippen molar-refractivity contribution in [3.05, 3.63) is 33.7 Å². The van der Waals surface area contributed by atoms with Gasteiger partial charge in [0, 0.05) is 12.6 Å². The van der Waals surface area contributed by atoms with Gasteiger partial charge in [-0.2, -0.15) is 0 Å². The Labute approximate surface area is 69.1 Å². The van der Waals surface area contributed by atoms with Crippen molar-refractivity contribution in [2.75, 3.05) is 0 Å². The highest BCUT2D eigenvalue weighted by Gasteiger charge is 2.07. The first-order valence-corrected chi connectivity index (χ1v) is 3.44. The zero-order chi connectivity index (χ0) is 9.30. The van der Waals surface area contributed by atoms with Crippen LogP contribution in [0.25, 0.3) is 0 Å². The third kappa shape index (κ3) is 1.23. The van der Waals surface area contributed by atoms with Gasteiger partial charge in [0.05, 0.1) is 0 Å². The second-order valence-electron chi connectivity index (χ2n) is 2.57. The molecule has 4 nitrogen and oxygen atoms in total.